The van der Waals surface area contributed by atoms with Crippen molar-refractivity contribution in [1.82, 2.24) is 19.9 Å². The van der Waals surface area contributed by atoms with Gasteiger partial charge < -0.3 is 30.9 Å². The van der Waals surface area contributed by atoms with Crippen LogP contribution in [0.2, 0.25) is 0 Å². The van der Waals surface area contributed by atoms with Crippen molar-refractivity contribution in [1.29, 1.82) is 0 Å². The Kier molecular flexibility index (Phi) is 6.16. The van der Waals surface area contributed by atoms with Crippen molar-refractivity contribution >= 4 is 35.0 Å². The average Bonchev–Trinajstić information content (AvgIpc) is 3.30. The van der Waals surface area contributed by atoms with Crippen molar-refractivity contribution in [3.63, 3.8) is 0 Å². The monoisotopic (exact) mass is 433 g/mol. The van der Waals surface area contributed by atoms with Gasteiger partial charge >= 0.3 is 11.9 Å². The molecule has 6 N–H and O–H groups in total. The molecule has 2 aliphatic rings. The second kappa shape index (κ2) is 8.78. The maximum absolute atomic E-state index is 12.3. The van der Waals surface area contributed by atoms with Gasteiger partial charge in [0.15, 0.2) is 5.82 Å². The Bertz CT molecular complexity index is 1060. The first kappa shape index (κ1) is 21.0. The Morgan fingerprint density at radius 3 is 2.73 bits per heavy atom. The predicted molar refractivity (Wildman–Crippen MR) is 107 cm³/mol. The molecule has 1 aromatic rings. The number of rotatable bonds is 9. The minimum Gasteiger partial charge on any atom is -0.494 e. The van der Waals surface area contributed by atoms with E-state index in [-0.39, 0.29) is 24.5 Å². The highest BCUT2D eigenvalue weighted by atomic mass is 32.1. The molecule has 30 heavy (non-hydrogen) atoms. The Morgan fingerprint density at radius 2 is 2.03 bits per heavy atom. The zero-order valence-corrected chi connectivity index (χ0v) is 16.4. The number of hydrogen-bond acceptors (Lipinski definition) is 8. The van der Waals surface area contributed by atoms with Gasteiger partial charge in [0, 0.05) is 17.8 Å². The third-order valence-corrected chi connectivity index (χ3v) is 5.48. The summed E-state index contributed by atoms with van der Waals surface area (Å²) >= 11 is 1.18. The van der Waals surface area contributed by atoms with Crippen LogP contribution in [0, 0.1) is 0 Å². The largest absolute Gasteiger partial charge is 0.494 e. The molecule has 1 aromatic heterocycles. The van der Waals surface area contributed by atoms with Crippen LogP contribution in [-0.2, 0) is 22.6 Å². The molecular weight excluding hydrogens is 414 g/mol. The summed E-state index contributed by atoms with van der Waals surface area (Å²) in [5.74, 6) is -2.40. The van der Waals surface area contributed by atoms with Crippen LogP contribution in [-0.4, -0.2) is 53.7 Å². The van der Waals surface area contributed by atoms with Crippen LogP contribution in [0.4, 0.5) is 5.82 Å². The number of nitrogens with zero attached hydrogens (tertiary/aromatic N) is 3. The van der Waals surface area contributed by atoms with Crippen molar-refractivity contribution in [2.24, 2.45) is 0 Å². The molecule has 0 radical (unpaired) electrons. The normalized spacial score (nSPS) is 12.0. The molecule has 0 spiro atoms. The Hall–Kier alpha value is -3.67. The number of fused-ring (bicyclic) bond motifs is 1. The summed E-state index contributed by atoms with van der Waals surface area (Å²) in [6.45, 7) is 0.387. The number of aromatic nitrogens is 3. The number of aromatic hydroxyl groups is 1. The van der Waals surface area contributed by atoms with E-state index in [0.29, 0.717) is 29.2 Å². The number of hydrogen-bond donors (Lipinski definition) is 5. The molecule has 3 heterocycles. The quantitative estimate of drug-likeness (QED) is 0.329. The molecule has 1 amide bonds. The number of amides is 1. The summed E-state index contributed by atoms with van der Waals surface area (Å²) in [7, 11) is 0. The first-order valence-electron chi connectivity index (χ1n) is 8.89. The minimum absolute atomic E-state index is 0.0125. The molecule has 2 aliphatic heterocycles. The second-order valence-electron chi connectivity index (χ2n) is 6.49. The third-order valence-electron chi connectivity index (χ3n) is 4.34. The number of aliphatic carboxylic acids is 2. The molecular formula is C18H19N5O6S. The zero-order chi connectivity index (χ0) is 21.8. The Labute approximate surface area is 174 Å². The highest BCUT2D eigenvalue weighted by molar-refractivity contribution is 7.14. The van der Waals surface area contributed by atoms with Crippen molar-refractivity contribution in [3.8, 4) is 17.3 Å². The summed E-state index contributed by atoms with van der Waals surface area (Å²) in [4.78, 5) is 43.4. The average molecular weight is 433 g/mol. The van der Waals surface area contributed by atoms with E-state index in [9.17, 15) is 19.5 Å². The number of nitrogens with one attached hydrogen (secondary N) is 1. The lowest BCUT2D eigenvalue weighted by atomic mass is 10.1. The number of thiophene rings is 1. The molecule has 0 saturated heterocycles. The van der Waals surface area contributed by atoms with E-state index in [1.54, 1.807) is 12.1 Å². The standard InChI is InChI=1S/C18H19N5O6S/c19-13-7-10-15(22-13)20-8-23(17(10)27)6-5-9-1-3-12(30-9)16(26)21-11(18(28)29)2-4-14(24)25/h1,3,7-8,11,27H,2,4-6,19H2,(H,21,26)(H,24,25)(H,28,29)/t11-/m0/s1. The number of carboxylic acid groups (broad SMARTS) is 2. The molecule has 0 bridgehead atoms. The fourth-order valence-electron chi connectivity index (χ4n) is 2.81. The molecule has 0 fully saturated rings. The minimum atomic E-state index is -1.29. The third kappa shape index (κ3) is 4.84. The number of aryl methyl sites for hydroxylation is 2. The zero-order valence-electron chi connectivity index (χ0n) is 15.6. The van der Waals surface area contributed by atoms with Gasteiger partial charge in [0.05, 0.1) is 16.8 Å². The molecule has 1 atom stereocenters. The Morgan fingerprint density at radius 1 is 1.27 bits per heavy atom. The number of carbonyl (C=O) groups is 3. The molecule has 0 saturated carbocycles. The van der Waals surface area contributed by atoms with E-state index < -0.39 is 23.9 Å². The lowest BCUT2D eigenvalue weighted by Gasteiger charge is -2.12. The molecule has 0 unspecified atom stereocenters. The lowest BCUT2D eigenvalue weighted by Crippen LogP contribution is -2.40. The van der Waals surface area contributed by atoms with Crippen LogP contribution in [0.1, 0.15) is 27.4 Å². The maximum atomic E-state index is 12.3. The number of carboxylic acids is 2. The molecule has 11 nitrogen and oxygen atoms in total. The van der Waals surface area contributed by atoms with Crippen molar-refractivity contribution in [2.45, 2.75) is 31.8 Å². The van der Waals surface area contributed by atoms with Crippen molar-refractivity contribution in [2.75, 3.05) is 5.73 Å². The van der Waals surface area contributed by atoms with E-state index in [0.717, 1.165) is 4.88 Å². The van der Waals surface area contributed by atoms with Gasteiger partial charge in [0.1, 0.15) is 11.9 Å². The van der Waals surface area contributed by atoms with Crippen LogP contribution < -0.4 is 11.1 Å². The summed E-state index contributed by atoms with van der Waals surface area (Å²) < 4.78 is 1.54. The number of carbonyl (C=O) groups excluding carboxylic acids is 1. The van der Waals surface area contributed by atoms with E-state index >= 15 is 0 Å². The van der Waals surface area contributed by atoms with Gasteiger partial charge in [-0.05, 0) is 31.0 Å². The second-order valence-corrected chi connectivity index (χ2v) is 7.66. The van der Waals surface area contributed by atoms with Gasteiger partial charge in [-0.15, -0.1) is 11.3 Å². The number of anilines is 1. The predicted octanol–water partition coefficient (Wildman–Crippen LogP) is 1.02. The molecule has 0 aromatic carbocycles. The van der Waals surface area contributed by atoms with Crippen molar-refractivity contribution < 1.29 is 29.7 Å². The number of nitrogen functional groups attached to an aromatic ring is 1. The molecule has 0 aliphatic carbocycles. The van der Waals surface area contributed by atoms with Gasteiger partial charge in [-0.2, -0.15) is 0 Å². The van der Waals surface area contributed by atoms with Crippen LogP contribution in [0.3, 0.4) is 0 Å². The van der Waals surface area contributed by atoms with Crippen LogP contribution in [0.5, 0.6) is 5.88 Å². The first-order valence-corrected chi connectivity index (χ1v) is 9.70. The maximum Gasteiger partial charge on any atom is 0.326 e. The van der Waals surface area contributed by atoms with Crippen molar-refractivity contribution in [3.05, 3.63) is 34.3 Å². The molecule has 158 valence electrons. The lowest BCUT2D eigenvalue weighted by molar-refractivity contribution is -0.140. The van der Waals surface area contributed by atoms with Gasteiger partial charge in [-0.25, -0.2) is 14.8 Å². The smallest absolute Gasteiger partial charge is 0.326 e. The molecule has 3 rings (SSSR count). The van der Waals surface area contributed by atoms with Crippen LogP contribution in [0.15, 0.2) is 24.5 Å². The highest BCUT2D eigenvalue weighted by Crippen LogP contribution is 2.30. The fraction of sp³-hybridized carbons (Fsp3) is 0.278. The highest BCUT2D eigenvalue weighted by Gasteiger charge is 2.22. The van der Waals surface area contributed by atoms with E-state index in [4.69, 9.17) is 15.9 Å². The van der Waals surface area contributed by atoms with Gasteiger partial charge in [-0.1, -0.05) is 0 Å². The van der Waals surface area contributed by atoms with Gasteiger partial charge in [0.2, 0.25) is 5.88 Å². The summed E-state index contributed by atoms with van der Waals surface area (Å²) in [6, 6.07) is 3.55. The Balaban J connectivity index is 1.63. The summed E-state index contributed by atoms with van der Waals surface area (Å²) in [5.41, 5.74) is 6.07. The first-order chi connectivity index (χ1) is 14.2. The summed E-state index contributed by atoms with van der Waals surface area (Å²) in [5, 5.41) is 30.5. The van der Waals surface area contributed by atoms with Gasteiger partial charge in [0.25, 0.3) is 5.91 Å². The summed E-state index contributed by atoms with van der Waals surface area (Å²) in [6.07, 6.45) is 1.37. The molecule has 12 heteroatoms. The fourth-order valence-corrected chi connectivity index (χ4v) is 3.71. The number of nitrogens with two attached hydrogens (primary N) is 1. The van der Waals surface area contributed by atoms with E-state index in [1.807, 2.05) is 0 Å². The van der Waals surface area contributed by atoms with E-state index in [1.165, 1.54) is 28.3 Å². The topological polar surface area (TPSA) is 181 Å². The van der Waals surface area contributed by atoms with Crippen LogP contribution >= 0.6 is 11.3 Å². The SMILES string of the molecule is Nc1cc2c(O)n(CCc3ccc(C(=O)N[C@@H](CCC(=O)O)C(=O)O)s3)cnc-2n1. The van der Waals surface area contributed by atoms with E-state index in [2.05, 4.69) is 15.3 Å². The van der Waals surface area contributed by atoms with Crippen LogP contribution in [0.25, 0.3) is 11.4 Å². The van der Waals surface area contributed by atoms with Gasteiger partial charge in [-0.3, -0.25) is 9.59 Å².